The number of fused-ring (bicyclic) bond motifs is 2. The molecule has 0 unspecified atom stereocenters. The third kappa shape index (κ3) is 2.99. The normalized spacial score (nSPS) is 11.4. The van der Waals surface area contributed by atoms with E-state index in [0.717, 1.165) is 33.2 Å². The molecule has 7 heteroatoms. The fraction of sp³-hybridized carbons (Fsp3) is 0.0556. The molecule has 0 aliphatic heterocycles. The smallest absolute Gasteiger partial charge is 0.150 e. The van der Waals surface area contributed by atoms with Gasteiger partial charge in [-0.3, -0.25) is 5.43 Å². The first-order chi connectivity index (χ1) is 12.2. The monoisotopic (exact) mass is 351 g/mol. The first-order valence-corrected chi connectivity index (χ1v) is 7.98. The van der Waals surface area contributed by atoms with E-state index in [2.05, 4.69) is 25.5 Å². The third-order valence-corrected chi connectivity index (χ3v) is 4.06. The fourth-order valence-electron chi connectivity index (χ4n) is 2.65. The van der Waals surface area contributed by atoms with Crippen LogP contribution in [0.25, 0.3) is 21.8 Å². The Kier molecular flexibility index (Phi) is 3.95. The highest BCUT2D eigenvalue weighted by Crippen LogP contribution is 2.34. The van der Waals surface area contributed by atoms with Crippen molar-refractivity contribution in [1.82, 2.24) is 15.0 Å². The minimum absolute atomic E-state index is 0.637. The molecule has 6 nitrogen and oxygen atoms in total. The zero-order chi connectivity index (χ0) is 17.2. The van der Waals surface area contributed by atoms with Crippen molar-refractivity contribution in [2.24, 2.45) is 5.10 Å². The van der Waals surface area contributed by atoms with Crippen LogP contribution in [0.15, 0.2) is 53.9 Å². The second-order valence-electron chi connectivity index (χ2n) is 5.38. The Morgan fingerprint density at radius 3 is 2.88 bits per heavy atom. The van der Waals surface area contributed by atoms with Gasteiger partial charge in [-0.25, -0.2) is 9.97 Å². The van der Waals surface area contributed by atoms with Crippen LogP contribution in [-0.4, -0.2) is 28.3 Å². The first-order valence-electron chi connectivity index (χ1n) is 7.60. The molecule has 0 saturated carbocycles. The lowest BCUT2D eigenvalue weighted by Crippen LogP contribution is -1.96. The van der Waals surface area contributed by atoms with E-state index < -0.39 is 0 Å². The van der Waals surface area contributed by atoms with Gasteiger partial charge < -0.3 is 9.72 Å². The molecule has 25 heavy (non-hydrogen) atoms. The lowest BCUT2D eigenvalue weighted by molar-refractivity contribution is 0.415. The molecule has 0 fully saturated rings. The quantitative estimate of drug-likeness (QED) is 0.328. The Morgan fingerprint density at radius 2 is 2.08 bits per heavy atom. The van der Waals surface area contributed by atoms with Crippen molar-refractivity contribution in [3.8, 4) is 5.75 Å². The van der Waals surface area contributed by atoms with Crippen molar-refractivity contribution in [2.75, 3.05) is 12.5 Å². The van der Waals surface area contributed by atoms with Crippen molar-refractivity contribution in [3.05, 3.63) is 59.6 Å². The summed E-state index contributed by atoms with van der Waals surface area (Å²) in [6.07, 6.45) is 5.03. The largest absolute Gasteiger partial charge is 0.497 e. The van der Waals surface area contributed by atoms with Gasteiger partial charge in [-0.05, 0) is 36.4 Å². The van der Waals surface area contributed by atoms with Gasteiger partial charge in [-0.1, -0.05) is 11.6 Å². The molecule has 0 aliphatic carbocycles. The van der Waals surface area contributed by atoms with Crippen molar-refractivity contribution in [2.45, 2.75) is 0 Å². The van der Waals surface area contributed by atoms with Crippen LogP contribution in [-0.2, 0) is 0 Å². The number of rotatable bonds is 4. The SMILES string of the molecule is COc1ccc2nc3cc(Cl)ccc3c(N/N=C/c3ncc[nH]3)c2c1. The van der Waals surface area contributed by atoms with Crippen LogP contribution in [0.2, 0.25) is 5.02 Å². The number of hydrogen-bond acceptors (Lipinski definition) is 5. The number of imidazole rings is 1. The first kappa shape index (κ1) is 15.4. The Hall–Kier alpha value is -3.12. The average Bonchev–Trinajstić information content (AvgIpc) is 3.14. The van der Waals surface area contributed by atoms with Crippen molar-refractivity contribution < 1.29 is 4.74 Å². The summed E-state index contributed by atoms with van der Waals surface area (Å²) in [6, 6.07) is 11.3. The van der Waals surface area contributed by atoms with Crippen LogP contribution in [0.1, 0.15) is 5.82 Å². The van der Waals surface area contributed by atoms with Crippen LogP contribution in [0.5, 0.6) is 5.75 Å². The van der Waals surface area contributed by atoms with Gasteiger partial charge in [0.15, 0.2) is 0 Å². The van der Waals surface area contributed by atoms with Crippen LogP contribution in [0, 0.1) is 0 Å². The Bertz CT molecular complexity index is 1080. The maximum absolute atomic E-state index is 6.12. The number of benzene rings is 2. The maximum atomic E-state index is 6.12. The predicted molar refractivity (Wildman–Crippen MR) is 101 cm³/mol. The standard InChI is InChI=1S/C18H14ClN5O/c1-25-12-3-5-15-14(9-12)18(24-22-10-17-20-6-7-21-17)13-4-2-11(19)8-16(13)23-15/h2-10H,1H3,(H,20,21)(H,23,24)/b22-10+. The van der Waals surface area contributed by atoms with Crippen LogP contribution in [0.3, 0.4) is 0 Å². The number of aromatic amines is 1. The lowest BCUT2D eigenvalue weighted by atomic mass is 10.1. The molecular weight excluding hydrogens is 338 g/mol. The fourth-order valence-corrected chi connectivity index (χ4v) is 2.82. The Balaban J connectivity index is 1.89. The summed E-state index contributed by atoms with van der Waals surface area (Å²) in [7, 11) is 1.64. The van der Waals surface area contributed by atoms with Crippen molar-refractivity contribution in [3.63, 3.8) is 0 Å². The molecule has 0 amide bonds. The number of methoxy groups -OCH3 is 1. The molecule has 0 saturated heterocycles. The predicted octanol–water partition coefficient (Wildman–Crippen LogP) is 4.22. The van der Waals surface area contributed by atoms with Gasteiger partial charge in [0.25, 0.3) is 0 Å². The number of hydrazone groups is 1. The number of halogens is 1. The van der Waals surface area contributed by atoms with E-state index in [1.807, 2.05) is 36.4 Å². The summed E-state index contributed by atoms with van der Waals surface area (Å²) in [6.45, 7) is 0. The number of anilines is 1. The van der Waals surface area contributed by atoms with Crippen LogP contribution in [0.4, 0.5) is 5.69 Å². The minimum atomic E-state index is 0.637. The maximum Gasteiger partial charge on any atom is 0.150 e. The molecule has 0 aliphatic rings. The van der Waals surface area contributed by atoms with E-state index in [1.165, 1.54) is 0 Å². The summed E-state index contributed by atoms with van der Waals surface area (Å²) in [5, 5.41) is 6.76. The summed E-state index contributed by atoms with van der Waals surface area (Å²) in [4.78, 5) is 11.8. The van der Waals surface area contributed by atoms with E-state index >= 15 is 0 Å². The summed E-state index contributed by atoms with van der Waals surface area (Å²) in [5.74, 6) is 1.41. The van der Waals surface area contributed by atoms with E-state index in [1.54, 1.807) is 25.7 Å². The van der Waals surface area contributed by atoms with E-state index in [-0.39, 0.29) is 0 Å². The van der Waals surface area contributed by atoms with Gasteiger partial charge in [0.05, 0.1) is 30.0 Å². The molecule has 0 spiro atoms. The van der Waals surface area contributed by atoms with Gasteiger partial charge in [-0.2, -0.15) is 5.10 Å². The van der Waals surface area contributed by atoms with Gasteiger partial charge in [0, 0.05) is 28.2 Å². The zero-order valence-electron chi connectivity index (χ0n) is 13.3. The molecular formula is C18H14ClN5O. The number of ether oxygens (including phenoxy) is 1. The van der Waals surface area contributed by atoms with Crippen LogP contribution < -0.4 is 10.2 Å². The molecule has 0 radical (unpaired) electrons. The number of pyridine rings is 1. The van der Waals surface area contributed by atoms with Gasteiger partial charge in [0.2, 0.25) is 0 Å². The zero-order valence-corrected chi connectivity index (χ0v) is 14.1. The summed E-state index contributed by atoms with van der Waals surface area (Å²) >= 11 is 6.12. The average molecular weight is 352 g/mol. The molecule has 2 N–H and O–H groups in total. The van der Waals surface area contributed by atoms with E-state index in [9.17, 15) is 0 Å². The molecule has 4 aromatic rings. The molecule has 2 heterocycles. The number of nitrogens with zero attached hydrogens (tertiary/aromatic N) is 3. The minimum Gasteiger partial charge on any atom is -0.497 e. The van der Waals surface area contributed by atoms with E-state index in [0.29, 0.717) is 10.8 Å². The third-order valence-electron chi connectivity index (χ3n) is 3.83. The van der Waals surface area contributed by atoms with E-state index in [4.69, 9.17) is 16.3 Å². The number of aromatic nitrogens is 3. The molecule has 0 atom stereocenters. The second-order valence-corrected chi connectivity index (χ2v) is 5.81. The molecule has 124 valence electrons. The second kappa shape index (κ2) is 6.41. The van der Waals surface area contributed by atoms with Crippen LogP contribution >= 0.6 is 11.6 Å². The van der Waals surface area contributed by atoms with Gasteiger partial charge >= 0.3 is 0 Å². The summed E-state index contributed by atoms with van der Waals surface area (Å²) < 4.78 is 5.34. The Morgan fingerprint density at radius 1 is 1.16 bits per heavy atom. The molecule has 2 aromatic heterocycles. The summed E-state index contributed by atoms with van der Waals surface area (Å²) in [5.41, 5.74) is 5.56. The highest BCUT2D eigenvalue weighted by molar-refractivity contribution is 6.31. The highest BCUT2D eigenvalue weighted by atomic mass is 35.5. The molecule has 0 bridgehead atoms. The van der Waals surface area contributed by atoms with Crippen molar-refractivity contribution >= 4 is 45.3 Å². The van der Waals surface area contributed by atoms with Gasteiger partial charge in [0.1, 0.15) is 11.6 Å². The topological polar surface area (TPSA) is 75.2 Å². The highest BCUT2D eigenvalue weighted by Gasteiger charge is 2.10. The molecule has 2 aromatic carbocycles. The number of nitrogens with one attached hydrogen (secondary N) is 2. The number of hydrogen-bond donors (Lipinski definition) is 2. The van der Waals surface area contributed by atoms with Crippen molar-refractivity contribution in [1.29, 1.82) is 0 Å². The Labute approximate surface area is 148 Å². The van der Waals surface area contributed by atoms with Gasteiger partial charge in [-0.15, -0.1) is 0 Å². The molecule has 4 rings (SSSR count). The number of H-pyrrole nitrogens is 1. The lowest BCUT2D eigenvalue weighted by Gasteiger charge is -2.11.